The van der Waals surface area contributed by atoms with E-state index < -0.39 is 0 Å². The zero-order valence-electron chi connectivity index (χ0n) is 10.8. The molecule has 0 saturated heterocycles. The fourth-order valence-corrected chi connectivity index (χ4v) is 2.42. The van der Waals surface area contributed by atoms with Crippen molar-refractivity contribution in [2.24, 2.45) is 5.92 Å². The van der Waals surface area contributed by atoms with Gasteiger partial charge in [-0.05, 0) is 39.5 Å². The van der Waals surface area contributed by atoms with Gasteiger partial charge in [-0.2, -0.15) is 0 Å². The number of carbonyl (C=O) groups is 1. The molecule has 1 aliphatic carbocycles. The number of hydrogen-bond acceptors (Lipinski definition) is 2. The fourth-order valence-electron chi connectivity index (χ4n) is 2.42. The number of ether oxygens (including phenoxy) is 1. The van der Waals surface area contributed by atoms with Crippen molar-refractivity contribution in [2.75, 3.05) is 6.61 Å². The molecule has 1 rings (SSSR count). The second kappa shape index (κ2) is 6.72. The highest BCUT2D eigenvalue weighted by Crippen LogP contribution is 2.30. The van der Waals surface area contributed by atoms with Gasteiger partial charge in [0, 0.05) is 5.57 Å². The van der Waals surface area contributed by atoms with Crippen LogP contribution in [0.2, 0.25) is 0 Å². The van der Waals surface area contributed by atoms with E-state index in [2.05, 4.69) is 6.92 Å². The fraction of sp³-hybridized carbons (Fsp3) is 0.786. The second-order valence-corrected chi connectivity index (χ2v) is 4.72. The molecule has 0 N–H and O–H groups in total. The van der Waals surface area contributed by atoms with Crippen LogP contribution in [0, 0.1) is 5.92 Å². The minimum atomic E-state index is -0.135. The first-order valence-corrected chi connectivity index (χ1v) is 6.51. The van der Waals surface area contributed by atoms with Crippen LogP contribution in [0.3, 0.4) is 0 Å². The summed E-state index contributed by atoms with van der Waals surface area (Å²) in [5.74, 6) is 0.469. The Morgan fingerprint density at radius 2 is 1.69 bits per heavy atom. The van der Waals surface area contributed by atoms with Crippen LogP contribution in [0.25, 0.3) is 0 Å². The smallest absolute Gasteiger partial charge is 0.333 e. The van der Waals surface area contributed by atoms with Crippen LogP contribution in [0.15, 0.2) is 11.1 Å². The molecule has 0 aromatic carbocycles. The van der Waals surface area contributed by atoms with Crippen LogP contribution in [0.1, 0.15) is 59.3 Å². The topological polar surface area (TPSA) is 26.3 Å². The van der Waals surface area contributed by atoms with E-state index in [1.165, 1.54) is 44.1 Å². The number of esters is 1. The third kappa shape index (κ3) is 3.66. The van der Waals surface area contributed by atoms with Gasteiger partial charge in [0.1, 0.15) is 0 Å². The lowest BCUT2D eigenvalue weighted by Crippen LogP contribution is -2.11. The number of carbonyl (C=O) groups excluding carboxylic acids is 1. The van der Waals surface area contributed by atoms with Crippen molar-refractivity contribution < 1.29 is 9.53 Å². The monoisotopic (exact) mass is 224 g/mol. The van der Waals surface area contributed by atoms with Gasteiger partial charge in [-0.3, -0.25) is 0 Å². The molecule has 1 saturated carbocycles. The maximum Gasteiger partial charge on any atom is 0.333 e. The average molecular weight is 224 g/mol. The Labute approximate surface area is 99.1 Å². The molecule has 92 valence electrons. The summed E-state index contributed by atoms with van der Waals surface area (Å²) in [6, 6.07) is 0. The quantitative estimate of drug-likeness (QED) is 0.413. The van der Waals surface area contributed by atoms with Crippen LogP contribution in [-0.4, -0.2) is 12.6 Å². The summed E-state index contributed by atoms with van der Waals surface area (Å²) in [4.78, 5) is 11.6. The highest BCUT2D eigenvalue weighted by atomic mass is 16.5. The first-order valence-electron chi connectivity index (χ1n) is 6.51. The Morgan fingerprint density at radius 1 is 1.12 bits per heavy atom. The number of hydrogen-bond donors (Lipinski definition) is 0. The Kier molecular flexibility index (Phi) is 5.58. The van der Waals surface area contributed by atoms with Crippen molar-refractivity contribution in [3.8, 4) is 0 Å². The lowest BCUT2D eigenvalue weighted by atomic mass is 9.89. The minimum Gasteiger partial charge on any atom is -0.463 e. The highest BCUT2D eigenvalue weighted by molar-refractivity contribution is 5.88. The molecule has 0 aromatic heterocycles. The van der Waals surface area contributed by atoms with Crippen LogP contribution >= 0.6 is 0 Å². The first-order chi connectivity index (χ1) is 7.66. The van der Waals surface area contributed by atoms with Crippen LogP contribution in [-0.2, 0) is 9.53 Å². The van der Waals surface area contributed by atoms with Crippen LogP contribution < -0.4 is 0 Å². The van der Waals surface area contributed by atoms with E-state index in [1.807, 2.05) is 13.8 Å². The molecule has 16 heavy (non-hydrogen) atoms. The summed E-state index contributed by atoms with van der Waals surface area (Å²) >= 11 is 0. The molecule has 0 spiro atoms. The van der Waals surface area contributed by atoms with E-state index in [4.69, 9.17) is 4.74 Å². The van der Waals surface area contributed by atoms with Gasteiger partial charge in [-0.1, -0.05) is 31.3 Å². The Morgan fingerprint density at radius 3 is 2.19 bits per heavy atom. The molecule has 0 bridgehead atoms. The van der Waals surface area contributed by atoms with Crippen molar-refractivity contribution in [1.29, 1.82) is 0 Å². The molecule has 2 heteroatoms. The normalized spacial score (nSPS) is 19.9. The van der Waals surface area contributed by atoms with E-state index in [9.17, 15) is 4.79 Å². The highest BCUT2D eigenvalue weighted by Gasteiger charge is 2.18. The molecular formula is C14H24O2. The third-order valence-corrected chi connectivity index (χ3v) is 3.64. The molecule has 2 nitrogen and oxygen atoms in total. The number of allylic oxidation sites excluding steroid dienone is 1. The van der Waals surface area contributed by atoms with E-state index in [0.717, 1.165) is 5.57 Å². The average Bonchev–Trinajstić information content (AvgIpc) is 2.56. The van der Waals surface area contributed by atoms with E-state index in [-0.39, 0.29) is 5.97 Å². The van der Waals surface area contributed by atoms with Crippen molar-refractivity contribution >= 4 is 5.97 Å². The molecule has 1 fully saturated rings. The number of rotatable bonds is 3. The van der Waals surface area contributed by atoms with Gasteiger partial charge in [-0.25, -0.2) is 4.79 Å². The summed E-state index contributed by atoms with van der Waals surface area (Å²) in [6.07, 6.45) is 7.78. The van der Waals surface area contributed by atoms with Crippen molar-refractivity contribution in [2.45, 2.75) is 59.3 Å². The Hall–Kier alpha value is -0.790. The van der Waals surface area contributed by atoms with Crippen LogP contribution in [0.4, 0.5) is 0 Å². The van der Waals surface area contributed by atoms with Crippen molar-refractivity contribution in [3.05, 3.63) is 11.1 Å². The van der Waals surface area contributed by atoms with Crippen molar-refractivity contribution in [3.63, 3.8) is 0 Å². The van der Waals surface area contributed by atoms with Gasteiger partial charge in [0.25, 0.3) is 0 Å². The molecule has 0 radical (unpaired) electrons. The van der Waals surface area contributed by atoms with E-state index in [1.54, 1.807) is 0 Å². The van der Waals surface area contributed by atoms with Crippen LogP contribution in [0.5, 0.6) is 0 Å². The molecular weight excluding hydrogens is 200 g/mol. The molecule has 0 unspecified atom stereocenters. The maximum absolute atomic E-state index is 11.6. The van der Waals surface area contributed by atoms with Gasteiger partial charge in [-0.15, -0.1) is 0 Å². The summed E-state index contributed by atoms with van der Waals surface area (Å²) in [5.41, 5.74) is 2.08. The zero-order chi connectivity index (χ0) is 12.0. The predicted octanol–water partition coefficient (Wildman–Crippen LogP) is 3.86. The third-order valence-electron chi connectivity index (χ3n) is 3.64. The molecule has 1 aliphatic rings. The lowest BCUT2D eigenvalue weighted by Gasteiger charge is -2.17. The van der Waals surface area contributed by atoms with Gasteiger partial charge >= 0.3 is 5.97 Å². The van der Waals surface area contributed by atoms with Gasteiger partial charge in [0.05, 0.1) is 6.61 Å². The summed E-state index contributed by atoms with van der Waals surface area (Å²) in [5, 5.41) is 0. The zero-order valence-corrected chi connectivity index (χ0v) is 10.8. The standard InChI is InChI=1S/C14H24O2/c1-4-16-14(15)12(3)11(2)13-9-7-5-6-8-10-13/h13H,4-10H2,1-3H3. The molecule has 0 amide bonds. The maximum atomic E-state index is 11.6. The van der Waals surface area contributed by atoms with Gasteiger partial charge < -0.3 is 4.74 Å². The molecule has 0 atom stereocenters. The van der Waals surface area contributed by atoms with Gasteiger partial charge in [0.2, 0.25) is 0 Å². The second-order valence-electron chi connectivity index (χ2n) is 4.72. The lowest BCUT2D eigenvalue weighted by molar-refractivity contribution is -0.138. The molecule has 0 aromatic rings. The largest absolute Gasteiger partial charge is 0.463 e. The van der Waals surface area contributed by atoms with Gasteiger partial charge in [0.15, 0.2) is 0 Å². The Balaban J connectivity index is 2.68. The van der Waals surface area contributed by atoms with E-state index >= 15 is 0 Å². The first kappa shape index (κ1) is 13.3. The SMILES string of the molecule is CCOC(=O)C(C)=C(C)C1CCCCCC1. The summed E-state index contributed by atoms with van der Waals surface area (Å²) in [7, 11) is 0. The minimum absolute atomic E-state index is 0.135. The molecule has 0 aliphatic heterocycles. The summed E-state index contributed by atoms with van der Waals surface area (Å²) < 4.78 is 5.05. The Bertz CT molecular complexity index is 258. The summed E-state index contributed by atoms with van der Waals surface area (Å²) in [6.45, 7) is 6.32. The predicted molar refractivity (Wildman–Crippen MR) is 66.2 cm³/mol. The van der Waals surface area contributed by atoms with Crippen molar-refractivity contribution in [1.82, 2.24) is 0 Å². The van der Waals surface area contributed by atoms with E-state index in [0.29, 0.717) is 12.5 Å². The molecule has 0 heterocycles.